The van der Waals surface area contributed by atoms with Crippen LogP contribution in [0.5, 0.6) is 0 Å². The van der Waals surface area contributed by atoms with E-state index in [0.29, 0.717) is 0 Å². The monoisotopic (exact) mass is 298 g/mol. The van der Waals surface area contributed by atoms with Crippen LogP contribution in [0.2, 0.25) is 10.8 Å². The van der Waals surface area contributed by atoms with Crippen LogP contribution in [0.1, 0.15) is 52.4 Å². The van der Waals surface area contributed by atoms with Crippen molar-refractivity contribution < 1.29 is 33.7 Å². The summed E-state index contributed by atoms with van der Waals surface area (Å²) in [6.07, 6.45) is 8.43. The summed E-state index contributed by atoms with van der Waals surface area (Å²) in [5.74, 6) is 0. The largest absolute Gasteiger partial charge is 0.466 e. The Balaban J connectivity index is 0. The second-order valence-electron chi connectivity index (χ2n) is 3.40. The van der Waals surface area contributed by atoms with Gasteiger partial charge in [0, 0.05) is 0 Å². The maximum absolute atomic E-state index is 8.88. The molecule has 16 heavy (non-hydrogen) atoms. The minimum absolute atomic E-state index is 1.36. The molecule has 0 bridgehead atoms. The fourth-order valence-electron chi connectivity index (χ4n) is 0.895. The van der Waals surface area contributed by atoms with Gasteiger partial charge in [0.25, 0.3) is 0 Å². The molecule has 0 aliphatic heterocycles. The van der Waals surface area contributed by atoms with E-state index >= 15 is 0 Å². The van der Waals surface area contributed by atoms with E-state index in [9.17, 15) is 0 Å². The summed E-state index contributed by atoms with van der Waals surface area (Å²) < 4.78 is 8.88. The molecule has 4 nitrogen and oxygen atoms in total. The Bertz CT molecular complexity index is 156. The van der Waals surface area contributed by atoms with Gasteiger partial charge in [-0.05, 0) is 0 Å². The molecule has 0 unspecified atom stereocenters. The molecule has 6 heteroatoms. The molecule has 0 aliphatic rings. The van der Waals surface area contributed by atoms with Gasteiger partial charge in [-0.3, -0.25) is 0 Å². The van der Waals surface area contributed by atoms with Crippen LogP contribution in [0, 0.1) is 0 Å². The Labute approximate surface area is 105 Å². The first-order valence-corrected chi connectivity index (χ1v) is 8.61. The van der Waals surface area contributed by atoms with Crippen molar-refractivity contribution in [2.45, 2.75) is 63.2 Å². The van der Waals surface area contributed by atoms with Gasteiger partial charge in [0.05, 0.1) is 0 Å². The molecule has 0 rings (SSSR count). The van der Waals surface area contributed by atoms with E-state index in [1.807, 2.05) is 14.4 Å². The molecule has 0 fully saturated rings. The van der Waals surface area contributed by atoms with Gasteiger partial charge in [-0.15, -0.1) is 0 Å². The number of phosphoric acid groups is 1. The first-order chi connectivity index (χ1) is 7.41. The van der Waals surface area contributed by atoms with Gasteiger partial charge in [0.15, 0.2) is 0 Å². The number of unbranched alkanes of at least 4 members (excludes halogenated alkanes) is 4. The number of hydrogen-bond acceptors (Lipinski definition) is 1. The van der Waals surface area contributed by atoms with Crippen molar-refractivity contribution in [2.75, 3.05) is 0 Å². The van der Waals surface area contributed by atoms with Crippen LogP contribution >= 0.6 is 7.82 Å². The summed E-state index contributed by atoms with van der Waals surface area (Å²) in [5, 5.41) is 2.81. The number of hydrogen-bond donors (Lipinski definition) is 3. The molecule has 0 atom stereocenters. The number of rotatable bonds is 8. The van der Waals surface area contributed by atoms with Gasteiger partial charge >= 0.3 is 85.4 Å². The van der Waals surface area contributed by atoms with E-state index in [2.05, 4.69) is 13.8 Å². The van der Waals surface area contributed by atoms with Crippen molar-refractivity contribution in [3.8, 4) is 0 Å². The summed E-state index contributed by atoms with van der Waals surface area (Å²) >= 11 is 1.97. The van der Waals surface area contributed by atoms with Crippen LogP contribution < -0.4 is 0 Å². The van der Waals surface area contributed by atoms with Gasteiger partial charge in [-0.1, -0.05) is 0 Å². The topological polar surface area (TPSA) is 77.8 Å². The minimum Gasteiger partial charge on any atom is -0.303 e. The zero-order valence-electron chi connectivity index (χ0n) is 10.2. The molecular formula is C10H25NiO4P. The normalized spacial score (nSPS) is 11.1. The molecule has 0 spiro atoms. The van der Waals surface area contributed by atoms with Crippen LogP contribution in [-0.4, -0.2) is 14.7 Å². The Morgan fingerprint density at radius 1 is 0.875 bits per heavy atom. The van der Waals surface area contributed by atoms with Gasteiger partial charge in [0.1, 0.15) is 0 Å². The van der Waals surface area contributed by atoms with Crippen molar-refractivity contribution in [3.05, 3.63) is 0 Å². The third-order valence-electron chi connectivity index (χ3n) is 1.65. The average Bonchev–Trinajstić information content (AvgIpc) is 2.14. The molecule has 0 amide bonds. The molecule has 0 aromatic carbocycles. The van der Waals surface area contributed by atoms with Crippen molar-refractivity contribution in [3.63, 3.8) is 0 Å². The summed E-state index contributed by atoms with van der Waals surface area (Å²) in [5.41, 5.74) is 0. The molecular weight excluding hydrogens is 274 g/mol. The standard InChI is InChI=1S/2C5H11.Ni.H3O4P/c2*1-3-5-4-2;;1-5(2,3)4/h2*1,3-5H2,2H3;;(H3,1,2,3,4). The smallest absolute Gasteiger partial charge is 0.303 e. The van der Waals surface area contributed by atoms with E-state index < -0.39 is 7.82 Å². The predicted molar refractivity (Wildman–Crippen MR) is 62.9 cm³/mol. The van der Waals surface area contributed by atoms with E-state index in [1.165, 1.54) is 49.3 Å². The quantitative estimate of drug-likeness (QED) is 0.365. The van der Waals surface area contributed by atoms with Gasteiger partial charge in [-0.25, -0.2) is 4.57 Å². The molecule has 0 aromatic rings. The first kappa shape index (κ1) is 19.0. The summed E-state index contributed by atoms with van der Waals surface area (Å²) in [4.78, 5) is 21.6. The van der Waals surface area contributed by atoms with Crippen LogP contribution in [0.3, 0.4) is 0 Å². The van der Waals surface area contributed by atoms with Gasteiger partial charge in [0.2, 0.25) is 0 Å². The fourth-order valence-corrected chi connectivity index (χ4v) is 2.13. The van der Waals surface area contributed by atoms with Crippen LogP contribution in [0.15, 0.2) is 0 Å². The fraction of sp³-hybridized carbons (Fsp3) is 1.00. The zero-order valence-corrected chi connectivity index (χ0v) is 12.1. The van der Waals surface area contributed by atoms with Crippen LogP contribution in [0.4, 0.5) is 0 Å². The maximum atomic E-state index is 8.88. The van der Waals surface area contributed by atoms with E-state index in [-0.39, 0.29) is 0 Å². The third-order valence-corrected chi connectivity index (χ3v) is 3.05. The Kier molecular flexibility index (Phi) is 16.2. The average molecular weight is 299 g/mol. The van der Waals surface area contributed by atoms with Crippen LogP contribution in [0.25, 0.3) is 0 Å². The van der Waals surface area contributed by atoms with E-state index in [1.54, 1.807) is 0 Å². The second kappa shape index (κ2) is 13.7. The van der Waals surface area contributed by atoms with E-state index in [0.717, 1.165) is 0 Å². The maximum Gasteiger partial charge on any atom is 0.466 e. The molecule has 0 saturated heterocycles. The summed E-state index contributed by atoms with van der Waals surface area (Å²) in [6, 6.07) is 0. The van der Waals surface area contributed by atoms with Crippen molar-refractivity contribution in [2.24, 2.45) is 0 Å². The van der Waals surface area contributed by atoms with Crippen molar-refractivity contribution in [1.82, 2.24) is 0 Å². The molecule has 0 saturated carbocycles. The summed E-state index contributed by atoms with van der Waals surface area (Å²) in [7, 11) is -4.64. The molecule has 0 aliphatic carbocycles. The molecule has 0 heterocycles. The molecule has 104 valence electrons. The molecule has 0 radical (unpaired) electrons. The Hall–Kier alpha value is 0.604. The van der Waals surface area contributed by atoms with Crippen molar-refractivity contribution in [1.29, 1.82) is 0 Å². The first-order valence-electron chi connectivity index (χ1n) is 5.64. The second-order valence-corrected chi connectivity index (χ2v) is 5.91. The molecule has 0 aromatic heterocycles. The van der Waals surface area contributed by atoms with Gasteiger partial charge in [-0.2, -0.15) is 0 Å². The summed E-state index contributed by atoms with van der Waals surface area (Å²) in [6.45, 7) is 4.54. The molecule has 3 N–H and O–H groups in total. The van der Waals surface area contributed by atoms with Crippen LogP contribution in [-0.2, 0) is 19.0 Å². The van der Waals surface area contributed by atoms with Crippen molar-refractivity contribution >= 4 is 7.82 Å². The zero-order chi connectivity index (χ0) is 12.9. The predicted octanol–water partition coefficient (Wildman–Crippen LogP) is 3.36. The Morgan fingerprint density at radius 3 is 1.44 bits per heavy atom. The minimum atomic E-state index is -4.64. The third kappa shape index (κ3) is 36.5. The van der Waals surface area contributed by atoms with E-state index in [4.69, 9.17) is 19.2 Å². The SMILES string of the molecule is CCCC[CH2][Ni][CH2]CCCC.O=P(O)(O)O. The van der Waals surface area contributed by atoms with Gasteiger partial charge < -0.3 is 14.7 Å². The Morgan fingerprint density at radius 2 is 1.19 bits per heavy atom.